The molecule has 0 unspecified atom stereocenters. The lowest BCUT2D eigenvalue weighted by Crippen LogP contribution is -2.12. The Labute approximate surface area is 118 Å². The number of anilines is 1. The van der Waals surface area contributed by atoms with Crippen molar-refractivity contribution in [3.8, 4) is 0 Å². The largest absolute Gasteiger partial charge is 0.326 e. The number of benzene rings is 2. The number of hydrogen-bond donors (Lipinski definition) is 1. The molecule has 0 aromatic heterocycles. The van der Waals surface area contributed by atoms with Crippen molar-refractivity contribution >= 4 is 11.6 Å². The topological polar surface area (TPSA) is 29.1 Å². The summed E-state index contributed by atoms with van der Waals surface area (Å²) in [5.74, 6) is -0.407. The average Bonchev–Trinajstić information content (AvgIpc) is 2.42. The van der Waals surface area contributed by atoms with Crippen molar-refractivity contribution in [1.29, 1.82) is 0 Å². The van der Waals surface area contributed by atoms with Crippen LogP contribution in [0.5, 0.6) is 0 Å². The minimum absolute atomic E-state index is 0.103. The van der Waals surface area contributed by atoms with Gasteiger partial charge in [-0.3, -0.25) is 4.79 Å². The fourth-order valence-corrected chi connectivity index (χ4v) is 1.91. The van der Waals surface area contributed by atoms with E-state index in [4.69, 9.17) is 0 Å². The molecule has 0 radical (unpaired) electrons. The van der Waals surface area contributed by atoms with Crippen LogP contribution in [0, 0.1) is 19.7 Å². The molecule has 0 heterocycles. The highest BCUT2D eigenvalue weighted by molar-refractivity contribution is 5.90. The zero-order valence-corrected chi connectivity index (χ0v) is 11.7. The van der Waals surface area contributed by atoms with Crippen molar-refractivity contribution in [2.45, 2.75) is 26.7 Å². The molecule has 0 saturated heterocycles. The van der Waals surface area contributed by atoms with E-state index in [9.17, 15) is 9.18 Å². The molecule has 20 heavy (non-hydrogen) atoms. The third-order valence-electron chi connectivity index (χ3n) is 3.22. The fourth-order valence-electron chi connectivity index (χ4n) is 1.91. The molecule has 104 valence electrons. The summed E-state index contributed by atoms with van der Waals surface area (Å²) in [7, 11) is 0. The molecular formula is C17H18FNO. The Morgan fingerprint density at radius 2 is 1.80 bits per heavy atom. The van der Waals surface area contributed by atoms with E-state index in [2.05, 4.69) is 5.32 Å². The van der Waals surface area contributed by atoms with Crippen LogP contribution in [0.25, 0.3) is 0 Å². The van der Waals surface area contributed by atoms with Crippen molar-refractivity contribution in [3.05, 3.63) is 65.0 Å². The lowest BCUT2D eigenvalue weighted by molar-refractivity contribution is -0.116. The third-order valence-corrected chi connectivity index (χ3v) is 3.22. The maximum absolute atomic E-state index is 13.4. The minimum atomic E-state index is -0.304. The van der Waals surface area contributed by atoms with E-state index in [1.165, 1.54) is 11.6 Å². The Morgan fingerprint density at radius 3 is 2.45 bits per heavy atom. The van der Waals surface area contributed by atoms with Gasteiger partial charge in [-0.05, 0) is 43.5 Å². The second-order valence-corrected chi connectivity index (χ2v) is 5.00. The third kappa shape index (κ3) is 3.92. The molecule has 0 atom stereocenters. The molecule has 2 rings (SSSR count). The Kier molecular flexibility index (Phi) is 4.51. The monoisotopic (exact) mass is 271 g/mol. The molecular weight excluding hydrogens is 253 g/mol. The van der Waals surface area contributed by atoms with Crippen LogP contribution in [0.3, 0.4) is 0 Å². The number of hydrogen-bond acceptors (Lipinski definition) is 1. The first-order valence-corrected chi connectivity index (χ1v) is 6.66. The van der Waals surface area contributed by atoms with E-state index in [1.54, 1.807) is 19.1 Å². The number of carbonyl (C=O) groups is 1. The van der Waals surface area contributed by atoms with Gasteiger partial charge in [-0.25, -0.2) is 4.39 Å². The standard InChI is InChI=1S/C17H18FNO/c1-12-3-6-14(7-4-12)8-10-17(20)19-15-9-5-13(2)16(18)11-15/h3-7,9,11H,8,10H2,1-2H3,(H,19,20). The van der Waals surface area contributed by atoms with E-state index < -0.39 is 0 Å². The first kappa shape index (κ1) is 14.3. The normalized spacial score (nSPS) is 10.3. The Bertz CT molecular complexity index is 605. The average molecular weight is 271 g/mol. The van der Waals surface area contributed by atoms with Crippen LogP contribution in [0.2, 0.25) is 0 Å². The van der Waals surface area contributed by atoms with Crippen molar-refractivity contribution in [2.24, 2.45) is 0 Å². The van der Waals surface area contributed by atoms with Gasteiger partial charge in [0.05, 0.1) is 0 Å². The van der Waals surface area contributed by atoms with Gasteiger partial charge in [0.15, 0.2) is 0 Å². The van der Waals surface area contributed by atoms with Crippen LogP contribution in [0.15, 0.2) is 42.5 Å². The number of aryl methyl sites for hydroxylation is 3. The second-order valence-electron chi connectivity index (χ2n) is 5.00. The molecule has 0 bridgehead atoms. The SMILES string of the molecule is Cc1ccc(CCC(=O)Nc2ccc(C)c(F)c2)cc1. The van der Waals surface area contributed by atoms with Gasteiger partial charge in [0.2, 0.25) is 5.91 Å². The summed E-state index contributed by atoms with van der Waals surface area (Å²) >= 11 is 0. The van der Waals surface area contributed by atoms with Gasteiger partial charge in [0.25, 0.3) is 0 Å². The molecule has 2 nitrogen and oxygen atoms in total. The van der Waals surface area contributed by atoms with Crippen LogP contribution < -0.4 is 5.32 Å². The van der Waals surface area contributed by atoms with Crippen molar-refractivity contribution < 1.29 is 9.18 Å². The van der Waals surface area contributed by atoms with Gasteiger partial charge in [-0.1, -0.05) is 35.9 Å². The van der Waals surface area contributed by atoms with Gasteiger partial charge < -0.3 is 5.32 Å². The first-order chi connectivity index (χ1) is 9.54. The van der Waals surface area contributed by atoms with Crippen molar-refractivity contribution in [2.75, 3.05) is 5.32 Å². The molecule has 2 aromatic carbocycles. The highest BCUT2D eigenvalue weighted by atomic mass is 19.1. The van der Waals surface area contributed by atoms with E-state index >= 15 is 0 Å². The number of rotatable bonds is 4. The Balaban J connectivity index is 1.89. The molecule has 3 heteroatoms. The summed E-state index contributed by atoms with van der Waals surface area (Å²) in [6, 6.07) is 12.8. The quantitative estimate of drug-likeness (QED) is 0.894. The van der Waals surface area contributed by atoms with Crippen molar-refractivity contribution in [1.82, 2.24) is 0 Å². The Hall–Kier alpha value is -2.16. The maximum atomic E-state index is 13.4. The van der Waals surface area contributed by atoms with E-state index in [1.807, 2.05) is 31.2 Å². The highest BCUT2D eigenvalue weighted by Crippen LogP contribution is 2.14. The molecule has 1 amide bonds. The van der Waals surface area contributed by atoms with Crippen molar-refractivity contribution in [3.63, 3.8) is 0 Å². The maximum Gasteiger partial charge on any atom is 0.224 e. The van der Waals surface area contributed by atoms with Crippen LogP contribution >= 0.6 is 0 Å². The second kappa shape index (κ2) is 6.33. The molecule has 0 fully saturated rings. The van der Waals surface area contributed by atoms with Crippen LogP contribution in [-0.4, -0.2) is 5.91 Å². The molecule has 1 N–H and O–H groups in total. The summed E-state index contributed by atoms with van der Waals surface area (Å²) < 4.78 is 13.4. The van der Waals surface area contributed by atoms with Crippen LogP contribution in [0.4, 0.5) is 10.1 Å². The summed E-state index contributed by atoms with van der Waals surface area (Å²) in [5, 5.41) is 2.71. The summed E-state index contributed by atoms with van der Waals surface area (Å²) in [4.78, 5) is 11.8. The summed E-state index contributed by atoms with van der Waals surface area (Å²) in [5.41, 5.74) is 3.40. The molecule has 0 saturated carbocycles. The van der Waals surface area contributed by atoms with Gasteiger partial charge in [0, 0.05) is 12.1 Å². The minimum Gasteiger partial charge on any atom is -0.326 e. The number of nitrogens with one attached hydrogen (secondary N) is 1. The molecule has 0 aliphatic rings. The molecule has 0 aliphatic carbocycles. The lowest BCUT2D eigenvalue weighted by atomic mass is 10.1. The smallest absolute Gasteiger partial charge is 0.224 e. The fraction of sp³-hybridized carbons (Fsp3) is 0.235. The van der Waals surface area contributed by atoms with Gasteiger partial charge in [-0.15, -0.1) is 0 Å². The van der Waals surface area contributed by atoms with Crippen LogP contribution in [0.1, 0.15) is 23.1 Å². The van der Waals surface area contributed by atoms with Gasteiger partial charge >= 0.3 is 0 Å². The zero-order valence-electron chi connectivity index (χ0n) is 11.7. The number of carbonyl (C=O) groups excluding carboxylic acids is 1. The highest BCUT2D eigenvalue weighted by Gasteiger charge is 2.05. The van der Waals surface area contributed by atoms with E-state index in [-0.39, 0.29) is 11.7 Å². The number of amides is 1. The van der Waals surface area contributed by atoms with E-state index in [0.29, 0.717) is 24.1 Å². The van der Waals surface area contributed by atoms with Gasteiger partial charge in [-0.2, -0.15) is 0 Å². The first-order valence-electron chi connectivity index (χ1n) is 6.66. The summed E-state index contributed by atoms with van der Waals surface area (Å²) in [6.45, 7) is 3.72. The molecule has 0 spiro atoms. The number of halogens is 1. The predicted molar refractivity (Wildman–Crippen MR) is 79.3 cm³/mol. The summed E-state index contributed by atoms with van der Waals surface area (Å²) in [6.07, 6.45) is 1.07. The predicted octanol–water partition coefficient (Wildman–Crippen LogP) is 4.01. The zero-order chi connectivity index (χ0) is 14.5. The molecule has 2 aromatic rings. The van der Waals surface area contributed by atoms with E-state index in [0.717, 1.165) is 5.56 Å². The van der Waals surface area contributed by atoms with Crippen LogP contribution in [-0.2, 0) is 11.2 Å². The van der Waals surface area contributed by atoms with Gasteiger partial charge in [0.1, 0.15) is 5.82 Å². The molecule has 0 aliphatic heterocycles. The Morgan fingerprint density at radius 1 is 1.10 bits per heavy atom. The lowest BCUT2D eigenvalue weighted by Gasteiger charge is -2.06.